The van der Waals surface area contributed by atoms with E-state index in [1.807, 2.05) is 6.07 Å². The zero-order valence-electron chi connectivity index (χ0n) is 19.4. The standard InChI is InChI=1S/C29H37F3/c1-3-5-7-8-19-10-11-21-17-22(13-12-20(21)16-19)25-15-14-23-18-24(9-6-4-2)27(30)29(32)26(23)28(25)31/h4,14-15,18-22H,2-3,5-13,16-17H2,1H3. The Balaban J connectivity index is 1.51. The zero-order valence-corrected chi connectivity index (χ0v) is 19.4. The molecule has 32 heavy (non-hydrogen) atoms. The van der Waals surface area contributed by atoms with Gasteiger partial charge in [0.25, 0.3) is 0 Å². The average molecular weight is 443 g/mol. The van der Waals surface area contributed by atoms with Crippen molar-refractivity contribution >= 4 is 10.8 Å². The second-order valence-corrected chi connectivity index (χ2v) is 10.3. The van der Waals surface area contributed by atoms with Crippen LogP contribution in [-0.2, 0) is 6.42 Å². The molecule has 174 valence electrons. The van der Waals surface area contributed by atoms with Crippen LogP contribution in [0.5, 0.6) is 0 Å². The molecule has 4 unspecified atom stereocenters. The number of rotatable bonds is 8. The lowest BCUT2D eigenvalue weighted by Crippen LogP contribution is -2.30. The lowest BCUT2D eigenvalue weighted by atomic mass is 9.63. The minimum Gasteiger partial charge on any atom is -0.206 e. The Labute approximate surface area is 191 Å². The molecule has 2 aromatic carbocycles. The summed E-state index contributed by atoms with van der Waals surface area (Å²) in [5.74, 6) is -0.122. The number of fused-ring (bicyclic) bond motifs is 2. The van der Waals surface area contributed by atoms with Gasteiger partial charge in [-0.15, -0.1) is 6.58 Å². The van der Waals surface area contributed by atoms with Crippen molar-refractivity contribution in [2.75, 3.05) is 0 Å². The van der Waals surface area contributed by atoms with Crippen molar-refractivity contribution < 1.29 is 13.2 Å². The number of benzene rings is 2. The van der Waals surface area contributed by atoms with Crippen molar-refractivity contribution in [1.82, 2.24) is 0 Å². The summed E-state index contributed by atoms with van der Waals surface area (Å²) in [7, 11) is 0. The Bertz CT molecular complexity index is 947. The first-order valence-electron chi connectivity index (χ1n) is 12.7. The predicted molar refractivity (Wildman–Crippen MR) is 127 cm³/mol. The fraction of sp³-hybridized carbons (Fsp3) is 0.586. The first-order chi connectivity index (χ1) is 15.5. The normalized spacial score (nSPS) is 25.6. The Hall–Kier alpha value is -1.77. The van der Waals surface area contributed by atoms with Crippen LogP contribution in [-0.4, -0.2) is 0 Å². The highest BCUT2D eigenvalue weighted by molar-refractivity contribution is 5.85. The van der Waals surface area contributed by atoms with Gasteiger partial charge in [0.1, 0.15) is 5.82 Å². The van der Waals surface area contributed by atoms with Crippen molar-refractivity contribution in [3.63, 3.8) is 0 Å². The number of hydrogen-bond donors (Lipinski definition) is 0. The summed E-state index contributed by atoms with van der Waals surface area (Å²) in [4.78, 5) is 0. The summed E-state index contributed by atoms with van der Waals surface area (Å²) in [6.07, 6.45) is 14.9. The molecule has 3 heteroatoms. The highest BCUT2D eigenvalue weighted by Gasteiger charge is 2.36. The molecule has 4 atom stereocenters. The lowest BCUT2D eigenvalue weighted by Gasteiger charge is -2.42. The topological polar surface area (TPSA) is 0 Å². The van der Waals surface area contributed by atoms with Crippen LogP contribution in [0.4, 0.5) is 13.2 Å². The van der Waals surface area contributed by atoms with Crippen molar-refractivity contribution in [3.8, 4) is 0 Å². The molecule has 0 nitrogen and oxygen atoms in total. The Morgan fingerprint density at radius 3 is 2.50 bits per heavy atom. The number of hydrogen-bond acceptors (Lipinski definition) is 0. The quantitative estimate of drug-likeness (QED) is 0.282. The maximum Gasteiger partial charge on any atom is 0.169 e. The number of allylic oxidation sites excluding steroid dienone is 1. The highest BCUT2D eigenvalue weighted by Crippen LogP contribution is 2.49. The fourth-order valence-electron chi connectivity index (χ4n) is 6.42. The van der Waals surface area contributed by atoms with E-state index in [0.29, 0.717) is 35.3 Å². The Kier molecular flexibility index (Phi) is 7.63. The zero-order chi connectivity index (χ0) is 22.7. The van der Waals surface area contributed by atoms with Crippen molar-refractivity contribution in [1.29, 1.82) is 0 Å². The molecular weight excluding hydrogens is 405 g/mol. The van der Waals surface area contributed by atoms with Crippen molar-refractivity contribution in [2.24, 2.45) is 17.8 Å². The van der Waals surface area contributed by atoms with Gasteiger partial charge in [-0.25, -0.2) is 13.2 Å². The predicted octanol–water partition coefficient (Wildman–Crippen LogP) is 9.26. The van der Waals surface area contributed by atoms with E-state index in [0.717, 1.165) is 31.1 Å². The summed E-state index contributed by atoms with van der Waals surface area (Å²) in [5, 5.41) is 0.273. The molecule has 0 saturated heterocycles. The van der Waals surface area contributed by atoms with E-state index in [2.05, 4.69) is 13.5 Å². The van der Waals surface area contributed by atoms with Gasteiger partial charge in [-0.2, -0.15) is 0 Å². The minimum atomic E-state index is -1.04. The molecule has 0 N–H and O–H groups in total. The first-order valence-corrected chi connectivity index (χ1v) is 12.7. The monoisotopic (exact) mass is 442 g/mol. The van der Waals surface area contributed by atoms with Crippen LogP contribution in [0.25, 0.3) is 10.8 Å². The lowest BCUT2D eigenvalue weighted by molar-refractivity contribution is 0.112. The number of halogens is 3. The maximum atomic E-state index is 15.5. The molecule has 0 aromatic heterocycles. The van der Waals surface area contributed by atoms with Crippen LogP contribution in [0.2, 0.25) is 0 Å². The molecular formula is C29H37F3. The van der Waals surface area contributed by atoms with Gasteiger partial charge >= 0.3 is 0 Å². The molecule has 0 amide bonds. The third-order valence-corrected chi connectivity index (χ3v) is 8.22. The molecule has 2 aromatic rings. The van der Waals surface area contributed by atoms with E-state index >= 15 is 4.39 Å². The molecule has 0 aliphatic heterocycles. The first kappa shape index (κ1) is 23.4. The maximum absolute atomic E-state index is 15.5. The van der Waals surface area contributed by atoms with Crippen LogP contribution in [0.3, 0.4) is 0 Å². The summed E-state index contributed by atoms with van der Waals surface area (Å²) in [5.41, 5.74) is 0.872. The molecule has 2 aliphatic carbocycles. The Morgan fingerprint density at radius 1 is 0.938 bits per heavy atom. The van der Waals surface area contributed by atoms with E-state index in [-0.39, 0.29) is 11.3 Å². The second kappa shape index (κ2) is 10.4. The van der Waals surface area contributed by atoms with Gasteiger partial charge in [-0.3, -0.25) is 0 Å². The molecule has 0 heterocycles. The third kappa shape index (κ3) is 4.77. The van der Waals surface area contributed by atoms with E-state index in [9.17, 15) is 8.78 Å². The van der Waals surface area contributed by atoms with Crippen molar-refractivity contribution in [2.45, 2.75) is 89.9 Å². The molecule has 0 spiro atoms. The molecule has 0 bridgehead atoms. The van der Waals surface area contributed by atoms with E-state index in [1.54, 1.807) is 18.2 Å². The van der Waals surface area contributed by atoms with Gasteiger partial charge < -0.3 is 0 Å². The van der Waals surface area contributed by atoms with Gasteiger partial charge in [0.05, 0.1) is 5.39 Å². The summed E-state index contributed by atoms with van der Waals surface area (Å²) in [6.45, 7) is 5.90. The van der Waals surface area contributed by atoms with E-state index in [1.165, 1.54) is 44.9 Å². The van der Waals surface area contributed by atoms with E-state index < -0.39 is 17.5 Å². The average Bonchev–Trinajstić information content (AvgIpc) is 2.80. The van der Waals surface area contributed by atoms with Crippen LogP contribution in [0.15, 0.2) is 30.9 Å². The molecule has 2 aliphatic rings. The van der Waals surface area contributed by atoms with E-state index in [4.69, 9.17) is 0 Å². The molecule has 2 saturated carbocycles. The van der Waals surface area contributed by atoms with Gasteiger partial charge in [0.2, 0.25) is 0 Å². The summed E-state index contributed by atoms with van der Waals surface area (Å²) >= 11 is 0. The van der Waals surface area contributed by atoms with Gasteiger partial charge in [0.15, 0.2) is 11.6 Å². The van der Waals surface area contributed by atoms with Crippen LogP contribution >= 0.6 is 0 Å². The molecule has 2 fully saturated rings. The fourth-order valence-corrected chi connectivity index (χ4v) is 6.42. The highest BCUT2D eigenvalue weighted by atomic mass is 19.2. The van der Waals surface area contributed by atoms with Crippen LogP contribution in [0, 0.1) is 35.2 Å². The molecule has 4 rings (SSSR count). The minimum absolute atomic E-state index is 0.111. The largest absolute Gasteiger partial charge is 0.206 e. The van der Waals surface area contributed by atoms with Gasteiger partial charge in [-0.1, -0.05) is 57.2 Å². The van der Waals surface area contributed by atoms with Gasteiger partial charge in [-0.05, 0) is 91.2 Å². The number of aryl methyl sites for hydroxylation is 1. The summed E-state index contributed by atoms with van der Waals surface area (Å²) in [6, 6.07) is 5.21. The molecule has 0 radical (unpaired) electrons. The SMILES string of the molecule is C=CCCc1cc2ccc(C3CCC4CC(CCCCC)CCC4C3)c(F)c2c(F)c1F. The van der Waals surface area contributed by atoms with Crippen molar-refractivity contribution in [3.05, 3.63) is 59.4 Å². The summed E-state index contributed by atoms with van der Waals surface area (Å²) < 4.78 is 45.0. The second-order valence-electron chi connectivity index (χ2n) is 10.3. The number of unbranched alkanes of at least 4 members (excludes halogenated alkanes) is 2. The smallest absolute Gasteiger partial charge is 0.169 e. The van der Waals surface area contributed by atoms with Crippen LogP contribution in [0.1, 0.15) is 94.6 Å². The Morgan fingerprint density at radius 2 is 1.72 bits per heavy atom. The van der Waals surface area contributed by atoms with Crippen LogP contribution < -0.4 is 0 Å². The van der Waals surface area contributed by atoms with Gasteiger partial charge in [0, 0.05) is 0 Å². The third-order valence-electron chi connectivity index (χ3n) is 8.22.